The molecule has 0 aliphatic carbocycles. The molecule has 0 bridgehead atoms. The summed E-state index contributed by atoms with van der Waals surface area (Å²) in [5.41, 5.74) is 0.968. The summed E-state index contributed by atoms with van der Waals surface area (Å²) in [6.07, 6.45) is -1.75. The van der Waals surface area contributed by atoms with Gasteiger partial charge >= 0.3 is 5.69 Å². The summed E-state index contributed by atoms with van der Waals surface area (Å²) in [5, 5.41) is 29.6. The number of ether oxygens (including phenoxy) is 2. The summed E-state index contributed by atoms with van der Waals surface area (Å²) in [5.74, 6) is 0.699. The largest absolute Gasteiger partial charge is 0.497 e. The number of aliphatic hydroxyl groups is 3. The zero-order valence-corrected chi connectivity index (χ0v) is 17.9. The van der Waals surface area contributed by atoms with Gasteiger partial charge in [-0.15, -0.1) is 0 Å². The van der Waals surface area contributed by atoms with Gasteiger partial charge in [-0.1, -0.05) is 12.1 Å². The van der Waals surface area contributed by atoms with Crippen molar-refractivity contribution in [2.45, 2.75) is 37.5 Å². The first kappa shape index (κ1) is 22.9. The van der Waals surface area contributed by atoms with E-state index in [0.717, 1.165) is 20.3 Å². The summed E-state index contributed by atoms with van der Waals surface area (Å²) < 4.78 is 12.9. The van der Waals surface area contributed by atoms with Crippen molar-refractivity contribution in [3.05, 3.63) is 81.4 Å². The predicted octanol–water partition coefficient (Wildman–Crippen LogP) is 0.130. The number of rotatable bonds is 7. The van der Waals surface area contributed by atoms with Gasteiger partial charge in [0.1, 0.15) is 18.0 Å². The Balaban J connectivity index is 1.65. The Morgan fingerprint density at radius 2 is 1.88 bits per heavy atom. The second-order valence-corrected chi connectivity index (χ2v) is 7.76. The predicted molar refractivity (Wildman–Crippen MR) is 118 cm³/mol. The summed E-state index contributed by atoms with van der Waals surface area (Å²) in [6.45, 7) is -0.341. The molecule has 0 saturated carbocycles. The molecule has 1 aliphatic rings. The lowest BCUT2D eigenvalue weighted by Gasteiger charge is -2.18. The molecular weight excluding hydrogens is 430 g/mol. The lowest BCUT2D eigenvalue weighted by molar-refractivity contribution is -0.0458. The highest BCUT2D eigenvalue weighted by Crippen LogP contribution is 2.29. The van der Waals surface area contributed by atoms with Crippen molar-refractivity contribution in [3.63, 3.8) is 0 Å². The average molecular weight is 455 g/mol. The number of methoxy groups -OCH3 is 1. The van der Waals surface area contributed by atoms with E-state index in [0.29, 0.717) is 11.4 Å². The van der Waals surface area contributed by atoms with E-state index in [4.69, 9.17) is 14.6 Å². The van der Waals surface area contributed by atoms with Crippen LogP contribution in [-0.2, 0) is 11.3 Å². The van der Waals surface area contributed by atoms with Gasteiger partial charge in [-0.25, -0.2) is 4.79 Å². The maximum absolute atomic E-state index is 13.1. The van der Waals surface area contributed by atoms with Crippen LogP contribution in [0.1, 0.15) is 18.3 Å². The molecule has 174 valence electrons. The van der Waals surface area contributed by atoms with Gasteiger partial charge in [0.2, 0.25) is 0 Å². The van der Waals surface area contributed by atoms with E-state index in [1.165, 1.54) is 12.3 Å². The molecule has 0 radical (unpaired) electrons. The molecule has 10 heteroatoms. The third-order valence-corrected chi connectivity index (χ3v) is 5.66. The van der Waals surface area contributed by atoms with E-state index in [1.807, 2.05) is 30.3 Å². The van der Waals surface area contributed by atoms with Crippen molar-refractivity contribution in [3.8, 4) is 16.9 Å². The summed E-state index contributed by atoms with van der Waals surface area (Å²) in [6, 6.07) is 12.3. The SMILES string of the molecule is COc1cccc(-c2ccnc(Cn3c(=O)ccn(C4OC(CCO)C(O)C4O)c3=O)c2)c1. The van der Waals surface area contributed by atoms with E-state index >= 15 is 0 Å². The number of hydrogen-bond donors (Lipinski definition) is 3. The Kier molecular flexibility index (Phi) is 6.70. The van der Waals surface area contributed by atoms with E-state index in [1.54, 1.807) is 19.4 Å². The van der Waals surface area contributed by atoms with Gasteiger partial charge in [-0.2, -0.15) is 0 Å². The normalized spacial score (nSPS) is 22.4. The van der Waals surface area contributed by atoms with E-state index in [9.17, 15) is 19.8 Å². The molecule has 4 unspecified atom stereocenters. The van der Waals surface area contributed by atoms with Crippen LogP contribution in [0.5, 0.6) is 5.75 Å². The molecule has 1 aliphatic heterocycles. The zero-order valence-electron chi connectivity index (χ0n) is 17.9. The van der Waals surface area contributed by atoms with Crippen molar-refractivity contribution in [1.29, 1.82) is 0 Å². The van der Waals surface area contributed by atoms with Crippen LogP contribution in [0.2, 0.25) is 0 Å². The van der Waals surface area contributed by atoms with E-state index < -0.39 is 35.8 Å². The minimum Gasteiger partial charge on any atom is -0.497 e. The van der Waals surface area contributed by atoms with Crippen LogP contribution in [0.4, 0.5) is 0 Å². The molecule has 3 aromatic rings. The highest BCUT2D eigenvalue weighted by Gasteiger charge is 2.43. The quantitative estimate of drug-likeness (QED) is 0.457. The second-order valence-electron chi connectivity index (χ2n) is 7.76. The fourth-order valence-electron chi connectivity index (χ4n) is 3.90. The summed E-state index contributed by atoms with van der Waals surface area (Å²) >= 11 is 0. The molecule has 1 aromatic carbocycles. The molecule has 33 heavy (non-hydrogen) atoms. The van der Waals surface area contributed by atoms with Crippen LogP contribution in [-0.4, -0.2) is 61.5 Å². The molecule has 3 N–H and O–H groups in total. The number of aliphatic hydroxyl groups excluding tert-OH is 3. The molecule has 1 saturated heterocycles. The molecule has 10 nitrogen and oxygen atoms in total. The maximum atomic E-state index is 13.1. The fourth-order valence-corrected chi connectivity index (χ4v) is 3.90. The number of nitrogens with zero attached hydrogens (tertiary/aromatic N) is 3. The van der Waals surface area contributed by atoms with Crippen molar-refractivity contribution in [1.82, 2.24) is 14.1 Å². The van der Waals surface area contributed by atoms with Gasteiger partial charge in [0.15, 0.2) is 6.23 Å². The molecule has 2 aromatic heterocycles. The molecule has 0 amide bonds. The minimum atomic E-state index is -1.39. The monoisotopic (exact) mass is 455 g/mol. The Bertz CT molecular complexity index is 1240. The first-order valence-corrected chi connectivity index (χ1v) is 10.5. The number of pyridine rings is 1. The standard InChI is InChI=1S/C23H25N3O7/c1-32-17-4-2-3-14(12-17)15-5-8-24-16(11-15)13-26-19(28)6-9-25(23(26)31)22-21(30)20(29)18(33-22)7-10-27/h2-6,8-9,11-12,18,20-22,27,29-30H,7,10,13H2,1H3. The Hall–Kier alpha value is -3.31. The van der Waals surface area contributed by atoms with Crippen LogP contribution < -0.4 is 16.0 Å². The molecule has 4 rings (SSSR count). The van der Waals surface area contributed by atoms with Crippen molar-refractivity contribution < 1.29 is 24.8 Å². The lowest BCUT2D eigenvalue weighted by Crippen LogP contribution is -2.43. The van der Waals surface area contributed by atoms with Crippen molar-refractivity contribution >= 4 is 0 Å². The average Bonchev–Trinajstić information content (AvgIpc) is 3.11. The first-order chi connectivity index (χ1) is 15.9. The number of benzene rings is 1. The lowest BCUT2D eigenvalue weighted by atomic mass is 10.1. The third kappa shape index (κ3) is 4.60. The van der Waals surface area contributed by atoms with Crippen LogP contribution in [0, 0.1) is 0 Å². The fraction of sp³-hybridized carbons (Fsp3) is 0.348. The second kappa shape index (κ2) is 9.67. The van der Waals surface area contributed by atoms with Crippen LogP contribution in [0.25, 0.3) is 11.1 Å². The molecular formula is C23H25N3O7. The van der Waals surface area contributed by atoms with Crippen molar-refractivity contribution in [2.75, 3.05) is 13.7 Å². The Morgan fingerprint density at radius 3 is 2.64 bits per heavy atom. The molecule has 4 atom stereocenters. The molecule has 3 heterocycles. The van der Waals surface area contributed by atoms with Gasteiger partial charge in [0.25, 0.3) is 5.56 Å². The van der Waals surface area contributed by atoms with Gasteiger partial charge < -0.3 is 24.8 Å². The Labute approximate surface area is 188 Å². The highest BCUT2D eigenvalue weighted by molar-refractivity contribution is 5.65. The van der Waals surface area contributed by atoms with Crippen molar-refractivity contribution in [2.24, 2.45) is 0 Å². The highest BCUT2D eigenvalue weighted by atomic mass is 16.6. The first-order valence-electron chi connectivity index (χ1n) is 10.5. The van der Waals surface area contributed by atoms with E-state index in [2.05, 4.69) is 4.98 Å². The Morgan fingerprint density at radius 1 is 1.09 bits per heavy atom. The zero-order chi connectivity index (χ0) is 23.5. The molecule has 0 spiro atoms. The van der Waals surface area contributed by atoms with Crippen LogP contribution in [0.15, 0.2) is 64.4 Å². The summed E-state index contributed by atoms with van der Waals surface area (Å²) in [7, 11) is 1.58. The van der Waals surface area contributed by atoms with Gasteiger partial charge in [0.05, 0.1) is 25.5 Å². The number of hydrogen-bond acceptors (Lipinski definition) is 8. The smallest absolute Gasteiger partial charge is 0.333 e. The maximum Gasteiger partial charge on any atom is 0.333 e. The summed E-state index contributed by atoms with van der Waals surface area (Å²) in [4.78, 5) is 29.9. The minimum absolute atomic E-state index is 0.0955. The van der Waals surface area contributed by atoms with Crippen LogP contribution >= 0.6 is 0 Å². The van der Waals surface area contributed by atoms with Crippen LogP contribution in [0.3, 0.4) is 0 Å². The third-order valence-electron chi connectivity index (χ3n) is 5.66. The topological polar surface area (TPSA) is 136 Å². The van der Waals surface area contributed by atoms with Gasteiger partial charge in [-0.3, -0.25) is 18.9 Å². The van der Waals surface area contributed by atoms with Gasteiger partial charge in [-0.05, 0) is 41.8 Å². The number of aromatic nitrogens is 3. The van der Waals surface area contributed by atoms with Gasteiger partial charge in [0, 0.05) is 25.1 Å². The molecule has 1 fully saturated rings. The van der Waals surface area contributed by atoms with E-state index in [-0.39, 0.29) is 19.6 Å².